The Bertz CT molecular complexity index is 259. The van der Waals surface area contributed by atoms with Gasteiger partial charge in [-0.3, -0.25) is 9.59 Å². The largest absolute Gasteiger partial charge is 0.481 e. The van der Waals surface area contributed by atoms with Crippen molar-refractivity contribution in [1.82, 2.24) is 5.32 Å². The molecule has 0 heterocycles. The molecule has 86 valence electrons. The van der Waals surface area contributed by atoms with Crippen LogP contribution in [0.3, 0.4) is 0 Å². The summed E-state index contributed by atoms with van der Waals surface area (Å²) in [5.74, 6) is -0.921. The first-order valence-electron chi connectivity index (χ1n) is 5.22. The van der Waals surface area contributed by atoms with Crippen LogP contribution >= 0.6 is 0 Å². The highest BCUT2D eigenvalue weighted by Crippen LogP contribution is 2.45. The first-order valence-corrected chi connectivity index (χ1v) is 5.22. The molecule has 0 radical (unpaired) electrons. The minimum atomic E-state index is -0.810. The number of carboxylic acid groups (broad SMARTS) is 1. The molecule has 1 rings (SSSR count). The Morgan fingerprint density at radius 1 is 1.53 bits per heavy atom. The fourth-order valence-corrected chi connectivity index (χ4v) is 1.33. The Balaban J connectivity index is 2.20. The highest BCUT2D eigenvalue weighted by atomic mass is 16.4. The van der Waals surface area contributed by atoms with Crippen molar-refractivity contribution < 1.29 is 14.7 Å². The summed E-state index contributed by atoms with van der Waals surface area (Å²) in [7, 11) is 0. The van der Waals surface area contributed by atoms with Crippen molar-refractivity contribution in [3.63, 3.8) is 0 Å². The number of amides is 1. The molecule has 5 heteroatoms. The third kappa shape index (κ3) is 3.51. The van der Waals surface area contributed by atoms with Gasteiger partial charge in [-0.1, -0.05) is 0 Å². The van der Waals surface area contributed by atoms with Gasteiger partial charge < -0.3 is 16.2 Å². The summed E-state index contributed by atoms with van der Waals surface area (Å²) in [6.45, 7) is 2.09. The average Bonchev–Trinajstić information content (AvgIpc) is 2.92. The molecule has 1 aliphatic carbocycles. The molecule has 15 heavy (non-hydrogen) atoms. The fraction of sp³-hybridized carbons (Fsp3) is 0.800. The number of carbonyl (C=O) groups excluding carboxylic acids is 1. The summed E-state index contributed by atoms with van der Waals surface area (Å²) in [5, 5.41) is 11.5. The van der Waals surface area contributed by atoms with E-state index >= 15 is 0 Å². The molecular formula is C10H18N2O3. The van der Waals surface area contributed by atoms with Crippen molar-refractivity contribution in [2.24, 2.45) is 11.1 Å². The van der Waals surface area contributed by atoms with Gasteiger partial charge >= 0.3 is 5.97 Å². The van der Waals surface area contributed by atoms with Crippen molar-refractivity contribution >= 4 is 11.9 Å². The third-order valence-corrected chi connectivity index (χ3v) is 2.76. The number of nitrogens with one attached hydrogen (secondary N) is 1. The van der Waals surface area contributed by atoms with Crippen molar-refractivity contribution in [2.75, 3.05) is 6.54 Å². The van der Waals surface area contributed by atoms with Gasteiger partial charge in [-0.25, -0.2) is 0 Å². The second-order valence-corrected chi connectivity index (χ2v) is 4.38. The Morgan fingerprint density at radius 2 is 2.13 bits per heavy atom. The standard InChI is InChI=1S/C10H18N2O3/c1-7(11)2-3-8(13)12-6-10(4-5-10)9(14)15/h7H,2-6,11H2,1H3,(H,12,13)(H,14,15). The first kappa shape index (κ1) is 12.0. The lowest BCUT2D eigenvalue weighted by molar-refractivity contribution is -0.143. The van der Waals surface area contributed by atoms with Crippen molar-refractivity contribution in [3.05, 3.63) is 0 Å². The van der Waals surface area contributed by atoms with Crippen LogP contribution in [0.1, 0.15) is 32.6 Å². The van der Waals surface area contributed by atoms with Gasteiger partial charge in [0, 0.05) is 19.0 Å². The van der Waals surface area contributed by atoms with E-state index in [9.17, 15) is 9.59 Å². The molecule has 1 atom stereocenters. The van der Waals surface area contributed by atoms with Gasteiger partial charge in [-0.05, 0) is 26.2 Å². The Kier molecular flexibility index (Phi) is 3.68. The zero-order chi connectivity index (χ0) is 11.5. The van der Waals surface area contributed by atoms with Crippen molar-refractivity contribution in [1.29, 1.82) is 0 Å². The summed E-state index contributed by atoms with van der Waals surface area (Å²) in [6, 6.07) is 0.00473. The van der Waals surface area contributed by atoms with Gasteiger partial charge in [0.1, 0.15) is 0 Å². The molecule has 0 bridgehead atoms. The predicted octanol–water partition coefficient (Wildman–Crippen LogP) is 0.0948. The fourth-order valence-electron chi connectivity index (χ4n) is 1.33. The van der Waals surface area contributed by atoms with Gasteiger partial charge in [-0.2, -0.15) is 0 Å². The van der Waals surface area contributed by atoms with E-state index in [0.717, 1.165) is 0 Å². The van der Waals surface area contributed by atoms with Crippen LogP contribution in [0.15, 0.2) is 0 Å². The lowest BCUT2D eigenvalue weighted by atomic mass is 10.1. The second-order valence-electron chi connectivity index (χ2n) is 4.38. The number of hydrogen-bond donors (Lipinski definition) is 3. The summed E-state index contributed by atoms with van der Waals surface area (Å²) >= 11 is 0. The van der Waals surface area contributed by atoms with Crippen LogP contribution in [-0.4, -0.2) is 29.6 Å². The molecule has 0 aromatic rings. The van der Waals surface area contributed by atoms with E-state index in [1.165, 1.54) is 0 Å². The molecule has 1 fully saturated rings. The molecule has 0 aliphatic heterocycles. The van der Waals surface area contributed by atoms with Gasteiger partial charge in [0.2, 0.25) is 5.91 Å². The van der Waals surface area contributed by atoms with Gasteiger partial charge in [0.15, 0.2) is 0 Å². The molecule has 1 saturated carbocycles. The van der Waals surface area contributed by atoms with Crippen LogP contribution in [0.25, 0.3) is 0 Å². The number of rotatable bonds is 6. The zero-order valence-corrected chi connectivity index (χ0v) is 8.95. The number of hydrogen-bond acceptors (Lipinski definition) is 3. The second kappa shape index (κ2) is 4.61. The summed E-state index contributed by atoms with van der Waals surface area (Å²) < 4.78 is 0. The smallest absolute Gasteiger partial charge is 0.311 e. The van der Waals surface area contributed by atoms with E-state index in [2.05, 4.69) is 5.32 Å². The summed E-state index contributed by atoms with van der Waals surface area (Å²) in [5.41, 5.74) is 4.83. The van der Waals surface area contributed by atoms with E-state index in [1.54, 1.807) is 0 Å². The Morgan fingerprint density at radius 3 is 2.53 bits per heavy atom. The SMILES string of the molecule is CC(N)CCC(=O)NCC1(C(=O)O)CC1. The highest BCUT2D eigenvalue weighted by Gasteiger charge is 2.50. The van der Waals surface area contributed by atoms with Crippen LogP contribution in [0.4, 0.5) is 0 Å². The molecule has 0 saturated heterocycles. The van der Waals surface area contributed by atoms with Crippen LogP contribution < -0.4 is 11.1 Å². The van der Waals surface area contributed by atoms with E-state index in [-0.39, 0.29) is 18.5 Å². The number of aliphatic carboxylic acids is 1. The van der Waals surface area contributed by atoms with Crippen LogP contribution in [0, 0.1) is 5.41 Å². The summed E-state index contributed by atoms with van der Waals surface area (Å²) in [6.07, 6.45) is 2.32. The van der Waals surface area contributed by atoms with Gasteiger partial charge in [0.25, 0.3) is 0 Å². The van der Waals surface area contributed by atoms with E-state index in [0.29, 0.717) is 25.7 Å². The lowest BCUT2D eigenvalue weighted by Crippen LogP contribution is -2.34. The minimum absolute atomic E-state index is 0.00473. The van der Waals surface area contributed by atoms with Crippen molar-refractivity contribution in [2.45, 2.75) is 38.6 Å². The van der Waals surface area contributed by atoms with Crippen LogP contribution in [0.2, 0.25) is 0 Å². The molecule has 5 nitrogen and oxygen atoms in total. The molecular weight excluding hydrogens is 196 g/mol. The maximum Gasteiger partial charge on any atom is 0.311 e. The summed E-state index contributed by atoms with van der Waals surface area (Å²) in [4.78, 5) is 22.1. The molecule has 1 unspecified atom stereocenters. The van der Waals surface area contributed by atoms with E-state index < -0.39 is 11.4 Å². The number of carbonyl (C=O) groups is 2. The molecule has 4 N–H and O–H groups in total. The molecule has 1 aliphatic rings. The molecule has 1 amide bonds. The van der Waals surface area contributed by atoms with Crippen molar-refractivity contribution in [3.8, 4) is 0 Å². The molecule has 0 aromatic heterocycles. The van der Waals surface area contributed by atoms with Crippen LogP contribution in [0.5, 0.6) is 0 Å². The monoisotopic (exact) mass is 214 g/mol. The van der Waals surface area contributed by atoms with E-state index in [4.69, 9.17) is 10.8 Å². The van der Waals surface area contributed by atoms with Gasteiger partial charge in [-0.15, -0.1) is 0 Å². The predicted molar refractivity (Wildman–Crippen MR) is 55.2 cm³/mol. The topological polar surface area (TPSA) is 92.4 Å². The Hall–Kier alpha value is -1.10. The van der Waals surface area contributed by atoms with Crippen LogP contribution in [-0.2, 0) is 9.59 Å². The maximum atomic E-state index is 11.3. The minimum Gasteiger partial charge on any atom is -0.481 e. The zero-order valence-electron chi connectivity index (χ0n) is 8.95. The normalized spacial score (nSPS) is 19.3. The number of nitrogens with two attached hydrogens (primary N) is 1. The number of carboxylic acids is 1. The first-order chi connectivity index (χ1) is 6.96. The highest BCUT2D eigenvalue weighted by molar-refractivity contribution is 5.80. The quantitative estimate of drug-likeness (QED) is 0.584. The Labute approximate surface area is 89.0 Å². The van der Waals surface area contributed by atoms with Gasteiger partial charge in [0.05, 0.1) is 5.41 Å². The molecule has 0 aromatic carbocycles. The lowest BCUT2D eigenvalue weighted by Gasteiger charge is -2.11. The molecule has 0 spiro atoms. The van der Waals surface area contributed by atoms with E-state index in [1.807, 2.05) is 6.92 Å². The maximum absolute atomic E-state index is 11.3. The average molecular weight is 214 g/mol. The third-order valence-electron chi connectivity index (χ3n) is 2.76.